The third-order valence-electron chi connectivity index (χ3n) is 5.75. The number of fused-ring (bicyclic) bond motifs is 1. The summed E-state index contributed by atoms with van der Waals surface area (Å²) in [6.07, 6.45) is 9.56. The molecule has 2 aromatic rings. The molecule has 0 unspecified atom stereocenters. The van der Waals surface area contributed by atoms with Crippen LogP contribution in [0.2, 0.25) is 0 Å². The minimum Gasteiger partial charge on any atom is -0.351 e. The number of pyridine rings is 1. The number of aromatic nitrogens is 3. The van der Waals surface area contributed by atoms with Crippen molar-refractivity contribution in [2.45, 2.75) is 76.7 Å². The molecule has 2 fully saturated rings. The zero-order valence-electron chi connectivity index (χ0n) is 16.9. The fraction of sp³-hybridized carbons (Fsp3) is 0.571. The zero-order valence-corrected chi connectivity index (χ0v) is 17.7. The van der Waals surface area contributed by atoms with Crippen molar-refractivity contribution in [1.29, 1.82) is 0 Å². The van der Waals surface area contributed by atoms with Crippen LogP contribution in [0.5, 0.6) is 0 Å². The fourth-order valence-electron chi connectivity index (χ4n) is 4.00. The van der Waals surface area contributed by atoms with Crippen molar-refractivity contribution in [3.05, 3.63) is 39.2 Å². The maximum absolute atomic E-state index is 12.5. The average molecular weight is 418 g/mol. The van der Waals surface area contributed by atoms with Gasteiger partial charge in [0.05, 0.1) is 11.9 Å². The van der Waals surface area contributed by atoms with Crippen molar-refractivity contribution in [1.82, 2.24) is 14.8 Å². The first kappa shape index (κ1) is 20.1. The number of nitrogens with one attached hydrogen (secondary N) is 2. The van der Waals surface area contributed by atoms with E-state index < -0.39 is 6.03 Å². The average Bonchev–Trinajstić information content (AvgIpc) is 3.58. The Morgan fingerprint density at radius 1 is 1.31 bits per heavy atom. The van der Waals surface area contributed by atoms with E-state index >= 15 is 0 Å². The van der Waals surface area contributed by atoms with Crippen LogP contribution < -0.4 is 11.1 Å². The van der Waals surface area contributed by atoms with Crippen LogP contribution in [0.4, 0.5) is 14.9 Å². The van der Waals surface area contributed by atoms with Gasteiger partial charge in [0.25, 0.3) is 0 Å². The lowest BCUT2D eigenvalue weighted by atomic mass is 9.98. The molecule has 5 rings (SSSR count). The first-order valence-electron chi connectivity index (χ1n) is 10.4. The van der Waals surface area contributed by atoms with Gasteiger partial charge >= 0.3 is 6.03 Å². The van der Waals surface area contributed by atoms with Gasteiger partial charge in [-0.3, -0.25) is 14.8 Å². The van der Waals surface area contributed by atoms with Gasteiger partial charge in [0, 0.05) is 28.9 Å². The first-order valence-corrected chi connectivity index (χ1v) is 10.8. The van der Waals surface area contributed by atoms with Crippen LogP contribution in [-0.4, -0.2) is 20.8 Å². The van der Waals surface area contributed by atoms with Gasteiger partial charge in [-0.25, -0.2) is 9.18 Å². The molecule has 0 bridgehead atoms. The second kappa shape index (κ2) is 7.89. The van der Waals surface area contributed by atoms with E-state index in [9.17, 15) is 9.18 Å². The summed E-state index contributed by atoms with van der Waals surface area (Å²) in [4.78, 5) is 16.3. The summed E-state index contributed by atoms with van der Waals surface area (Å²) in [5, 5.41) is 5.62. The van der Waals surface area contributed by atoms with Gasteiger partial charge < -0.3 is 11.1 Å². The number of rotatable bonds is 4. The van der Waals surface area contributed by atoms with Crippen LogP contribution in [0.15, 0.2) is 6.20 Å². The molecule has 29 heavy (non-hydrogen) atoms. The quantitative estimate of drug-likeness (QED) is 0.606. The molecule has 2 aromatic heterocycles. The Hall–Kier alpha value is -2.22. The molecular weight excluding hydrogens is 389 g/mol. The van der Waals surface area contributed by atoms with Gasteiger partial charge in [0.1, 0.15) is 0 Å². The molecule has 0 spiro atoms. The van der Waals surface area contributed by atoms with E-state index in [1.54, 1.807) is 4.68 Å². The second-order valence-electron chi connectivity index (χ2n) is 8.52. The molecule has 8 heteroatoms. The van der Waals surface area contributed by atoms with Gasteiger partial charge in [-0.05, 0) is 70.3 Å². The molecule has 156 valence electrons. The molecule has 3 aliphatic rings. The Kier molecular flexibility index (Phi) is 5.46. The van der Waals surface area contributed by atoms with Crippen LogP contribution in [0, 0.1) is 10.5 Å². The Balaban J connectivity index is 0.000000174. The van der Waals surface area contributed by atoms with E-state index in [1.165, 1.54) is 54.4 Å². The van der Waals surface area contributed by atoms with Crippen LogP contribution in [0.25, 0.3) is 0 Å². The number of amides is 2. The number of hydrogen-bond donors (Lipinski definition) is 3. The van der Waals surface area contributed by atoms with Crippen LogP contribution in [0.1, 0.15) is 86.3 Å². The van der Waals surface area contributed by atoms with E-state index in [1.807, 2.05) is 13.8 Å². The smallest absolute Gasteiger partial charge is 0.316 e. The van der Waals surface area contributed by atoms with E-state index in [4.69, 9.17) is 10.7 Å². The summed E-state index contributed by atoms with van der Waals surface area (Å²) in [6.45, 7) is 3.90. The van der Waals surface area contributed by atoms with Gasteiger partial charge in [0.15, 0.2) is 10.5 Å². The fourth-order valence-corrected chi connectivity index (χ4v) is 4.16. The number of aryl methyl sites for hydroxylation is 1. The number of primary amides is 1. The molecule has 3 aliphatic carbocycles. The first-order chi connectivity index (χ1) is 13.8. The number of aromatic amines is 1. The lowest BCUT2D eigenvalue weighted by molar-refractivity contribution is 0.259. The van der Waals surface area contributed by atoms with Gasteiger partial charge in [-0.15, -0.1) is 0 Å². The maximum atomic E-state index is 12.5. The zero-order chi connectivity index (χ0) is 20.7. The summed E-state index contributed by atoms with van der Waals surface area (Å²) in [7, 11) is 0. The molecule has 2 amide bonds. The number of nitrogens with two attached hydrogens (primary N) is 1. The molecule has 2 heterocycles. The highest BCUT2D eigenvalue weighted by Gasteiger charge is 2.38. The van der Waals surface area contributed by atoms with Crippen molar-refractivity contribution in [3.63, 3.8) is 0 Å². The lowest BCUT2D eigenvalue weighted by Crippen LogP contribution is -2.22. The minimum atomic E-state index is -0.441. The Bertz CT molecular complexity index is 988. The van der Waals surface area contributed by atoms with Crippen molar-refractivity contribution >= 4 is 23.9 Å². The van der Waals surface area contributed by atoms with E-state index in [2.05, 4.69) is 22.6 Å². The van der Waals surface area contributed by atoms with E-state index in [-0.39, 0.29) is 16.5 Å². The van der Waals surface area contributed by atoms with E-state index in [0.29, 0.717) is 11.8 Å². The van der Waals surface area contributed by atoms with Gasteiger partial charge in [-0.2, -0.15) is 0 Å². The molecule has 0 radical (unpaired) electrons. The number of hydrogen-bond acceptors (Lipinski definition) is 3. The normalized spacial score (nSPS) is 17.7. The number of carbonyl (C=O) groups excluding carboxylic acids is 1. The Morgan fingerprint density at radius 3 is 2.48 bits per heavy atom. The number of carbonyl (C=O) groups is 1. The predicted octanol–water partition coefficient (Wildman–Crippen LogP) is 5.08. The molecule has 0 saturated heterocycles. The Morgan fingerprint density at radius 2 is 2.00 bits per heavy atom. The van der Waals surface area contributed by atoms with Crippen molar-refractivity contribution < 1.29 is 9.18 Å². The molecule has 2 saturated carbocycles. The van der Waals surface area contributed by atoms with Crippen LogP contribution >= 0.6 is 12.2 Å². The number of urea groups is 1. The topological polar surface area (TPSA) is 88.7 Å². The standard InChI is InChI=1S/C15H19N3O.C6H9FN2S/c16-15(19)18-14-10-2-1-3-11(10)17-13(9-6-7-9)12(14)8-4-5-8;1-4(2)9-3-5(7)6(10)8-9/h8-9H,1-7H2,(H3,16,17,18,19);3-4H,1-2H3,(H,8,10). The molecule has 4 N–H and O–H groups in total. The monoisotopic (exact) mass is 417 g/mol. The summed E-state index contributed by atoms with van der Waals surface area (Å²) < 4.78 is 14.4. The number of nitrogens with zero attached hydrogens (tertiary/aromatic N) is 2. The number of H-pyrrole nitrogens is 1. The van der Waals surface area contributed by atoms with Crippen molar-refractivity contribution in [3.8, 4) is 0 Å². The largest absolute Gasteiger partial charge is 0.351 e. The Labute approximate surface area is 175 Å². The highest BCUT2D eigenvalue weighted by molar-refractivity contribution is 7.71. The maximum Gasteiger partial charge on any atom is 0.316 e. The lowest BCUT2D eigenvalue weighted by Gasteiger charge is -2.18. The minimum absolute atomic E-state index is 0.175. The molecule has 0 aliphatic heterocycles. The summed E-state index contributed by atoms with van der Waals surface area (Å²) >= 11 is 4.64. The second-order valence-corrected chi connectivity index (χ2v) is 8.93. The third kappa shape index (κ3) is 4.37. The van der Waals surface area contributed by atoms with Crippen molar-refractivity contribution in [2.75, 3.05) is 5.32 Å². The van der Waals surface area contributed by atoms with Gasteiger partial charge in [0.2, 0.25) is 0 Å². The van der Waals surface area contributed by atoms with Crippen LogP contribution in [-0.2, 0) is 12.8 Å². The summed E-state index contributed by atoms with van der Waals surface area (Å²) in [5.41, 5.74) is 11.5. The van der Waals surface area contributed by atoms with Crippen molar-refractivity contribution in [2.24, 2.45) is 5.73 Å². The molecule has 0 aromatic carbocycles. The number of anilines is 1. The summed E-state index contributed by atoms with van der Waals surface area (Å²) in [6, 6.07) is -0.213. The molecular formula is C21H28FN5OS. The highest BCUT2D eigenvalue weighted by atomic mass is 32.1. The third-order valence-corrected chi connectivity index (χ3v) is 6.03. The molecule has 6 nitrogen and oxygen atoms in total. The SMILES string of the molecule is CC(C)n1cc(F)c(=S)[nH]1.NC(=O)Nc1c2c(nc(C3CC3)c1C1CC1)CCC2. The highest BCUT2D eigenvalue weighted by Crippen LogP contribution is 2.52. The van der Waals surface area contributed by atoms with Crippen LogP contribution in [0.3, 0.4) is 0 Å². The summed E-state index contributed by atoms with van der Waals surface area (Å²) in [5.74, 6) is 0.884. The predicted molar refractivity (Wildman–Crippen MR) is 113 cm³/mol. The van der Waals surface area contributed by atoms with E-state index in [0.717, 1.165) is 24.9 Å². The van der Waals surface area contributed by atoms with Gasteiger partial charge in [-0.1, -0.05) is 12.2 Å². The molecule has 0 atom stereocenters. The number of halogens is 1.